The van der Waals surface area contributed by atoms with Crippen LogP contribution in [0.5, 0.6) is 0 Å². The minimum atomic E-state index is -0.203. The van der Waals surface area contributed by atoms with Crippen LogP contribution in [0.25, 0.3) is 0 Å². The van der Waals surface area contributed by atoms with E-state index in [0.717, 1.165) is 6.54 Å². The molecule has 0 N–H and O–H groups in total. The van der Waals surface area contributed by atoms with Gasteiger partial charge in [0.05, 0.1) is 0 Å². The van der Waals surface area contributed by atoms with Crippen molar-refractivity contribution >= 4 is 6.09 Å². The van der Waals surface area contributed by atoms with Crippen LogP contribution in [-0.4, -0.2) is 30.7 Å². The van der Waals surface area contributed by atoms with E-state index in [1.807, 2.05) is 6.92 Å². The molecule has 58 valence electrons. The molecule has 1 rings (SSSR count). The number of hydrogen-bond donors (Lipinski definition) is 0. The third-order valence-corrected chi connectivity index (χ3v) is 1.96. The highest BCUT2D eigenvalue weighted by Crippen LogP contribution is 2.15. The standard InChI is InChI=1S/C7H13NO2/c1-5-4-8(3)7(9)10-6(5)2/h5-6H,4H2,1-3H3/t5-,6+/m1/s1. The van der Waals surface area contributed by atoms with Gasteiger partial charge in [0.15, 0.2) is 0 Å². The summed E-state index contributed by atoms with van der Waals surface area (Å²) in [5.41, 5.74) is 0. The summed E-state index contributed by atoms with van der Waals surface area (Å²) in [5, 5.41) is 0. The van der Waals surface area contributed by atoms with Gasteiger partial charge in [0, 0.05) is 19.5 Å². The molecule has 0 spiro atoms. The average Bonchev–Trinajstić information content (AvgIpc) is 1.84. The van der Waals surface area contributed by atoms with Gasteiger partial charge < -0.3 is 9.64 Å². The van der Waals surface area contributed by atoms with E-state index in [-0.39, 0.29) is 12.2 Å². The Hall–Kier alpha value is -0.730. The second-order valence-electron chi connectivity index (χ2n) is 2.95. The predicted molar refractivity (Wildman–Crippen MR) is 37.7 cm³/mol. The Labute approximate surface area is 61.0 Å². The van der Waals surface area contributed by atoms with Gasteiger partial charge in [0.1, 0.15) is 6.10 Å². The molecule has 0 saturated carbocycles. The highest BCUT2D eigenvalue weighted by molar-refractivity contribution is 5.68. The Morgan fingerprint density at radius 3 is 2.70 bits per heavy atom. The molecule has 1 aliphatic heterocycles. The molecular weight excluding hydrogens is 130 g/mol. The smallest absolute Gasteiger partial charge is 0.409 e. The summed E-state index contributed by atoms with van der Waals surface area (Å²) in [6, 6.07) is 0. The summed E-state index contributed by atoms with van der Waals surface area (Å²) in [4.78, 5) is 12.5. The Kier molecular flexibility index (Phi) is 1.83. The topological polar surface area (TPSA) is 29.5 Å². The summed E-state index contributed by atoms with van der Waals surface area (Å²) in [6.07, 6.45) is -0.130. The average molecular weight is 143 g/mol. The molecule has 0 aromatic heterocycles. The van der Waals surface area contributed by atoms with Crippen LogP contribution < -0.4 is 0 Å². The summed E-state index contributed by atoms with van der Waals surface area (Å²) < 4.78 is 5.00. The fraction of sp³-hybridized carbons (Fsp3) is 0.857. The van der Waals surface area contributed by atoms with E-state index in [2.05, 4.69) is 6.92 Å². The van der Waals surface area contributed by atoms with Crippen LogP contribution in [0.2, 0.25) is 0 Å². The number of cyclic esters (lactones) is 1. The van der Waals surface area contributed by atoms with E-state index in [1.54, 1.807) is 11.9 Å². The van der Waals surface area contributed by atoms with Crippen LogP contribution in [0.1, 0.15) is 13.8 Å². The van der Waals surface area contributed by atoms with E-state index >= 15 is 0 Å². The third-order valence-electron chi connectivity index (χ3n) is 1.96. The van der Waals surface area contributed by atoms with E-state index in [4.69, 9.17) is 4.74 Å². The van der Waals surface area contributed by atoms with E-state index in [1.165, 1.54) is 0 Å². The zero-order valence-corrected chi connectivity index (χ0v) is 6.63. The van der Waals surface area contributed by atoms with Gasteiger partial charge in [-0.05, 0) is 6.92 Å². The van der Waals surface area contributed by atoms with Crippen LogP contribution in [-0.2, 0) is 4.74 Å². The summed E-state index contributed by atoms with van der Waals surface area (Å²) in [7, 11) is 1.75. The Morgan fingerprint density at radius 1 is 1.60 bits per heavy atom. The van der Waals surface area contributed by atoms with Gasteiger partial charge in [-0.1, -0.05) is 6.92 Å². The van der Waals surface area contributed by atoms with E-state index in [0.29, 0.717) is 5.92 Å². The fourth-order valence-corrected chi connectivity index (χ4v) is 1.02. The van der Waals surface area contributed by atoms with Crippen LogP contribution in [0.3, 0.4) is 0 Å². The number of hydrogen-bond acceptors (Lipinski definition) is 2. The maximum atomic E-state index is 10.9. The molecule has 3 nitrogen and oxygen atoms in total. The maximum absolute atomic E-state index is 10.9. The molecule has 0 unspecified atom stereocenters. The van der Waals surface area contributed by atoms with Crippen LogP contribution in [0.15, 0.2) is 0 Å². The molecule has 1 fully saturated rings. The monoisotopic (exact) mass is 143 g/mol. The molecule has 1 heterocycles. The molecule has 10 heavy (non-hydrogen) atoms. The molecule has 2 atom stereocenters. The van der Waals surface area contributed by atoms with Crippen molar-refractivity contribution in [3.8, 4) is 0 Å². The van der Waals surface area contributed by atoms with Gasteiger partial charge in [0.2, 0.25) is 0 Å². The number of rotatable bonds is 0. The first-order valence-electron chi connectivity index (χ1n) is 3.53. The predicted octanol–water partition coefficient (Wildman–Crippen LogP) is 1.09. The van der Waals surface area contributed by atoms with Crippen molar-refractivity contribution in [2.24, 2.45) is 5.92 Å². The lowest BCUT2D eigenvalue weighted by atomic mass is 10.1. The highest BCUT2D eigenvalue weighted by atomic mass is 16.6. The van der Waals surface area contributed by atoms with Crippen molar-refractivity contribution in [1.82, 2.24) is 4.90 Å². The van der Waals surface area contributed by atoms with Gasteiger partial charge in [-0.3, -0.25) is 0 Å². The third kappa shape index (κ3) is 1.23. The number of ether oxygens (including phenoxy) is 1. The van der Waals surface area contributed by atoms with Crippen LogP contribution in [0, 0.1) is 5.92 Å². The molecule has 1 saturated heterocycles. The largest absolute Gasteiger partial charge is 0.446 e. The zero-order valence-electron chi connectivity index (χ0n) is 6.63. The van der Waals surface area contributed by atoms with Crippen LogP contribution >= 0.6 is 0 Å². The number of amides is 1. The lowest BCUT2D eigenvalue weighted by Crippen LogP contribution is -2.43. The molecule has 0 bridgehead atoms. The number of carbonyl (C=O) groups is 1. The molecule has 0 aromatic rings. The highest BCUT2D eigenvalue weighted by Gasteiger charge is 2.26. The lowest BCUT2D eigenvalue weighted by molar-refractivity contribution is 0.0107. The molecule has 0 radical (unpaired) electrons. The fourth-order valence-electron chi connectivity index (χ4n) is 1.02. The Balaban J connectivity index is 2.54. The van der Waals surface area contributed by atoms with Crippen molar-refractivity contribution in [1.29, 1.82) is 0 Å². The second-order valence-corrected chi connectivity index (χ2v) is 2.95. The second kappa shape index (κ2) is 2.48. The Morgan fingerprint density at radius 2 is 2.20 bits per heavy atom. The first-order valence-corrected chi connectivity index (χ1v) is 3.53. The maximum Gasteiger partial charge on any atom is 0.409 e. The summed E-state index contributed by atoms with van der Waals surface area (Å²) >= 11 is 0. The SMILES string of the molecule is C[C@@H]1CN(C)C(=O)O[C@H]1C. The lowest BCUT2D eigenvalue weighted by Gasteiger charge is -2.32. The van der Waals surface area contributed by atoms with Gasteiger partial charge in [0.25, 0.3) is 0 Å². The molecule has 0 aromatic carbocycles. The molecule has 1 amide bonds. The van der Waals surface area contributed by atoms with Crippen molar-refractivity contribution < 1.29 is 9.53 Å². The Bertz CT molecular complexity index is 147. The number of carbonyl (C=O) groups excluding carboxylic acids is 1. The molecular formula is C7H13NO2. The first-order chi connectivity index (χ1) is 4.61. The quantitative estimate of drug-likeness (QED) is 0.508. The summed E-state index contributed by atoms with van der Waals surface area (Å²) in [5.74, 6) is 0.447. The van der Waals surface area contributed by atoms with Crippen molar-refractivity contribution in [2.75, 3.05) is 13.6 Å². The van der Waals surface area contributed by atoms with E-state index < -0.39 is 0 Å². The normalized spacial score (nSPS) is 33.9. The van der Waals surface area contributed by atoms with Gasteiger partial charge in [-0.25, -0.2) is 4.79 Å². The minimum Gasteiger partial charge on any atom is -0.446 e. The van der Waals surface area contributed by atoms with Gasteiger partial charge >= 0.3 is 6.09 Å². The van der Waals surface area contributed by atoms with Gasteiger partial charge in [-0.15, -0.1) is 0 Å². The number of nitrogens with zero attached hydrogens (tertiary/aromatic N) is 1. The summed E-state index contributed by atoms with van der Waals surface area (Å²) in [6.45, 7) is 4.81. The van der Waals surface area contributed by atoms with Crippen molar-refractivity contribution in [3.63, 3.8) is 0 Å². The minimum absolute atomic E-state index is 0.0729. The molecule has 1 aliphatic rings. The van der Waals surface area contributed by atoms with Gasteiger partial charge in [-0.2, -0.15) is 0 Å². The first kappa shape index (κ1) is 7.38. The van der Waals surface area contributed by atoms with Crippen molar-refractivity contribution in [2.45, 2.75) is 20.0 Å². The van der Waals surface area contributed by atoms with E-state index in [9.17, 15) is 4.79 Å². The zero-order chi connectivity index (χ0) is 7.72. The molecule has 3 heteroatoms. The van der Waals surface area contributed by atoms with Crippen molar-refractivity contribution in [3.05, 3.63) is 0 Å². The molecule has 0 aliphatic carbocycles. The van der Waals surface area contributed by atoms with Crippen LogP contribution in [0.4, 0.5) is 4.79 Å².